The third-order valence-electron chi connectivity index (χ3n) is 6.63. The van der Waals surface area contributed by atoms with Gasteiger partial charge in [0.25, 0.3) is 0 Å². The van der Waals surface area contributed by atoms with E-state index in [1.165, 1.54) is 6.08 Å². The normalized spacial score (nSPS) is 14.0. The van der Waals surface area contributed by atoms with E-state index in [9.17, 15) is 10.1 Å². The molecule has 7 nitrogen and oxygen atoms in total. The molecule has 1 unspecified atom stereocenters. The van der Waals surface area contributed by atoms with E-state index in [0.29, 0.717) is 39.5 Å². The average Bonchev–Trinajstić information content (AvgIpc) is 3.00. The van der Waals surface area contributed by atoms with Crippen molar-refractivity contribution in [2.45, 2.75) is 19.4 Å². The topological polar surface area (TPSA) is 104 Å². The Balaban J connectivity index is 1.40. The second kappa shape index (κ2) is 13.4. The van der Waals surface area contributed by atoms with Crippen molar-refractivity contribution < 1.29 is 23.7 Å². The number of carbonyl (C=O) groups is 1. The Kier molecular flexibility index (Phi) is 9.21. The monoisotopic (exact) mass is 612 g/mol. The number of fused-ring (bicyclic) bond motifs is 1. The fourth-order valence-electron chi connectivity index (χ4n) is 4.59. The zero-order valence-electron chi connectivity index (χ0n) is 23.1. The Labute approximate surface area is 259 Å². The van der Waals surface area contributed by atoms with E-state index in [1.54, 1.807) is 60.7 Å². The van der Waals surface area contributed by atoms with Crippen LogP contribution in [-0.4, -0.2) is 12.6 Å². The molecular weight excluding hydrogens is 587 g/mol. The summed E-state index contributed by atoms with van der Waals surface area (Å²) in [6.07, 6.45) is 2.94. The van der Waals surface area contributed by atoms with Gasteiger partial charge in [-0.05, 0) is 60.5 Å². The van der Waals surface area contributed by atoms with E-state index in [-0.39, 0.29) is 23.8 Å². The fraction of sp³-hybridized carbons (Fsp3) is 0.118. The number of ether oxygens (including phenoxy) is 4. The summed E-state index contributed by atoms with van der Waals surface area (Å²) in [5.41, 5.74) is 9.50. The summed E-state index contributed by atoms with van der Waals surface area (Å²) in [5, 5.41) is 11.2. The number of esters is 1. The number of allylic oxidation sites excluding steroid dienone is 1. The smallest absolute Gasteiger partial charge is 0.336 e. The van der Waals surface area contributed by atoms with Crippen molar-refractivity contribution >= 4 is 35.2 Å². The fourth-order valence-corrected chi connectivity index (χ4v) is 4.91. The maximum Gasteiger partial charge on any atom is 0.336 e. The molecule has 4 aromatic carbocycles. The van der Waals surface area contributed by atoms with Crippen molar-refractivity contribution in [3.8, 4) is 29.1 Å². The quantitative estimate of drug-likeness (QED) is 0.117. The highest BCUT2D eigenvalue weighted by atomic mass is 35.5. The summed E-state index contributed by atoms with van der Waals surface area (Å²) < 4.78 is 23.2. The van der Waals surface area contributed by atoms with E-state index < -0.39 is 11.9 Å². The number of hydrogen-bond acceptors (Lipinski definition) is 7. The van der Waals surface area contributed by atoms with Crippen LogP contribution in [0.3, 0.4) is 0 Å². The van der Waals surface area contributed by atoms with Crippen molar-refractivity contribution in [3.05, 3.63) is 135 Å². The molecule has 0 aromatic heterocycles. The molecule has 1 aliphatic rings. The van der Waals surface area contributed by atoms with Gasteiger partial charge in [0, 0.05) is 33.3 Å². The van der Waals surface area contributed by atoms with Crippen LogP contribution in [-0.2, 0) is 11.4 Å². The van der Waals surface area contributed by atoms with Gasteiger partial charge in [-0.1, -0.05) is 65.7 Å². The number of carbonyl (C=O) groups excluding carboxylic acids is 1. The molecule has 1 atom stereocenters. The Morgan fingerprint density at radius 2 is 1.79 bits per heavy atom. The first-order valence-corrected chi connectivity index (χ1v) is 14.1. The highest BCUT2D eigenvalue weighted by Gasteiger charge is 2.32. The molecule has 1 heterocycles. The molecule has 0 saturated heterocycles. The van der Waals surface area contributed by atoms with Crippen molar-refractivity contribution in [1.82, 2.24) is 0 Å². The summed E-state index contributed by atoms with van der Waals surface area (Å²) in [5.74, 6) is 0.497. The molecule has 43 heavy (non-hydrogen) atoms. The van der Waals surface area contributed by atoms with Crippen LogP contribution in [0.1, 0.15) is 35.1 Å². The van der Waals surface area contributed by atoms with Crippen LogP contribution in [0.15, 0.2) is 102 Å². The third kappa shape index (κ3) is 6.95. The van der Waals surface area contributed by atoms with Crippen LogP contribution >= 0.6 is 23.2 Å². The zero-order valence-corrected chi connectivity index (χ0v) is 24.6. The lowest BCUT2D eigenvalue weighted by atomic mass is 9.83. The van der Waals surface area contributed by atoms with Gasteiger partial charge in [0.15, 0.2) is 11.5 Å². The van der Waals surface area contributed by atoms with Crippen LogP contribution in [0.2, 0.25) is 10.0 Å². The first-order valence-electron chi connectivity index (χ1n) is 13.4. The molecule has 5 rings (SSSR count). The maximum atomic E-state index is 12.5. The van der Waals surface area contributed by atoms with Gasteiger partial charge in [0.05, 0.1) is 12.5 Å². The Morgan fingerprint density at radius 1 is 1.00 bits per heavy atom. The molecule has 2 N–H and O–H groups in total. The zero-order chi connectivity index (χ0) is 30.3. The standard InChI is InChI=1S/C34H26Cl2N2O5/c1-2-40-31-17-22(10-15-29(31)41-20-23-5-3-4-6-28(23)36)33-26-14-13-25(18-30(26)43-34(38)27(33)19-37)42-32(39)16-9-21-7-11-24(35)12-8-21/h3-18,33H,2,20,38H2,1H3/b16-9+. The van der Waals surface area contributed by atoms with Gasteiger partial charge in [-0.2, -0.15) is 5.26 Å². The lowest BCUT2D eigenvalue weighted by molar-refractivity contribution is -0.128. The SMILES string of the molecule is CCOc1cc(C2C(C#N)=C(N)Oc3cc(OC(=O)/C=C/c4ccc(Cl)cc4)ccc32)ccc1OCc1ccccc1Cl. The number of benzene rings is 4. The van der Waals surface area contributed by atoms with E-state index in [1.807, 2.05) is 37.3 Å². The number of rotatable bonds is 9. The number of halogens is 2. The number of nitrogens with zero attached hydrogens (tertiary/aromatic N) is 1. The van der Waals surface area contributed by atoms with Crippen LogP contribution in [0.4, 0.5) is 0 Å². The van der Waals surface area contributed by atoms with Gasteiger partial charge >= 0.3 is 5.97 Å². The Morgan fingerprint density at radius 3 is 2.53 bits per heavy atom. The largest absolute Gasteiger partial charge is 0.490 e. The van der Waals surface area contributed by atoms with Crippen molar-refractivity contribution in [1.29, 1.82) is 5.26 Å². The summed E-state index contributed by atoms with van der Waals surface area (Å²) in [6.45, 7) is 2.53. The maximum absolute atomic E-state index is 12.5. The second-order valence-electron chi connectivity index (χ2n) is 9.45. The highest BCUT2D eigenvalue weighted by Crippen LogP contribution is 2.45. The van der Waals surface area contributed by atoms with Gasteiger partial charge in [0.2, 0.25) is 5.88 Å². The van der Waals surface area contributed by atoms with Crippen molar-refractivity contribution in [3.63, 3.8) is 0 Å². The van der Waals surface area contributed by atoms with Crippen LogP contribution in [0, 0.1) is 11.3 Å². The lowest BCUT2D eigenvalue weighted by Gasteiger charge is -2.27. The summed E-state index contributed by atoms with van der Waals surface area (Å²) in [4.78, 5) is 12.5. The highest BCUT2D eigenvalue weighted by molar-refractivity contribution is 6.31. The van der Waals surface area contributed by atoms with Gasteiger partial charge in [-0.3, -0.25) is 0 Å². The third-order valence-corrected chi connectivity index (χ3v) is 7.25. The first-order chi connectivity index (χ1) is 20.9. The molecule has 216 valence electrons. The van der Waals surface area contributed by atoms with Gasteiger partial charge < -0.3 is 24.7 Å². The molecule has 0 radical (unpaired) electrons. The van der Waals surface area contributed by atoms with Crippen molar-refractivity contribution in [2.75, 3.05) is 6.61 Å². The molecule has 9 heteroatoms. The van der Waals surface area contributed by atoms with E-state index in [2.05, 4.69) is 6.07 Å². The Bertz CT molecular complexity index is 1760. The second-order valence-corrected chi connectivity index (χ2v) is 10.3. The van der Waals surface area contributed by atoms with Gasteiger partial charge in [-0.15, -0.1) is 0 Å². The first kappa shape index (κ1) is 29.6. The molecule has 0 spiro atoms. The molecule has 4 aromatic rings. The van der Waals surface area contributed by atoms with Crippen molar-refractivity contribution in [2.24, 2.45) is 5.73 Å². The summed E-state index contributed by atoms with van der Waals surface area (Å²) in [7, 11) is 0. The molecule has 1 aliphatic heterocycles. The van der Waals surface area contributed by atoms with Gasteiger partial charge in [0.1, 0.15) is 29.7 Å². The molecule has 0 amide bonds. The minimum Gasteiger partial charge on any atom is -0.490 e. The predicted octanol–water partition coefficient (Wildman–Crippen LogP) is 7.81. The number of nitriles is 1. The average molecular weight is 613 g/mol. The lowest BCUT2D eigenvalue weighted by Crippen LogP contribution is -2.21. The molecule has 0 aliphatic carbocycles. The minimum atomic E-state index is -0.572. The summed E-state index contributed by atoms with van der Waals surface area (Å²) in [6, 6.07) is 27.1. The molecule has 0 bridgehead atoms. The van der Waals surface area contributed by atoms with E-state index in [4.69, 9.17) is 47.9 Å². The minimum absolute atomic E-state index is 0.0388. The predicted molar refractivity (Wildman–Crippen MR) is 165 cm³/mol. The molecular formula is C34H26Cl2N2O5. The molecule has 0 saturated carbocycles. The van der Waals surface area contributed by atoms with Crippen LogP contribution in [0.5, 0.6) is 23.0 Å². The van der Waals surface area contributed by atoms with E-state index in [0.717, 1.165) is 16.7 Å². The number of hydrogen-bond donors (Lipinski definition) is 1. The van der Waals surface area contributed by atoms with Gasteiger partial charge in [-0.25, -0.2) is 4.79 Å². The van der Waals surface area contributed by atoms with E-state index >= 15 is 0 Å². The summed E-state index contributed by atoms with van der Waals surface area (Å²) >= 11 is 12.2. The number of nitrogens with two attached hydrogens (primary N) is 1. The van der Waals surface area contributed by atoms with Crippen LogP contribution < -0.4 is 24.7 Å². The Hall–Kier alpha value is -4.90. The van der Waals surface area contributed by atoms with Crippen LogP contribution in [0.25, 0.3) is 6.08 Å². The molecule has 0 fully saturated rings.